The predicted molar refractivity (Wildman–Crippen MR) is 92.4 cm³/mol. The summed E-state index contributed by atoms with van der Waals surface area (Å²) in [6.07, 6.45) is 4.24. The van der Waals surface area contributed by atoms with Crippen LogP contribution in [0.25, 0.3) is 0 Å². The Hall–Kier alpha value is -1.44. The van der Waals surface area contributed by atoms with Gasteiger partial charge >= 0.3 is 0 Å². The van der Waals surface area contributed by atoms with Crippen molar-refractivity contribution in [3.8, 4) is 0 Å². The summed E-state index contributed by atoms with van der Waals surface area (Å²) in [5, 5.41) is 0. The van der Waals surface area contributed by atoms with Gasteiger partial charge in [0.1, 0.15) is 0 Å². The van der Waals surface area contributed by atoms with Gasteiger partial charge in [0, 0.05) is 31.7 Å². The monoisotopic (exact) mass is 351 g/mol. The summed E-state index contributed by atoms with van der Waals surface area (Å²) in [5.41, 5.74) is 0.381. The molecule has 2 aliphatic rings. The molecule has 1 amide bonds. The van der Waals surface area contributed by atoms with Crippen LogP contribution in [-0.2, 0) is 10.0 Å². The lowest BCUT2D eigenvalue weighted by Gasteiger charge is -2.32. The molecule has 1 aliphatic carbocycles. The number of carbonyl (C=O) groups is 1. The van der Waals surface area contributed by atoms with Crippen LogP contribution in [-0.4, -0.2) is 63.4 Å². The van der Waals surface area contributed by atoms with Gasteiger partial charge in [-0.2, -0.15) is 0 Å². The lowest BCUT2D eigenvalue weighted by atomic mass is 10.1. The minimum atomic E-state index is -3.60. The molecule has 6 nitrogen and oxygen atoms in total. The van der Waals surface area contributed by atoms with Crippen LogP contribution in [0.15, 0.2) is 29.2 Å². The van der Waals surface area contributed by atoms with E-state index in [0.717, 1.165) is 32.0 Å². The highest BCUT2D eigenvalue weighted by Gasteiger charge is 2.33. The molecule has 1 aromatic carbocycles. The van der Waals surface area contributed by atoms with Gasteiger partial charge in [0.05, 0.1) is 4.90 Å². The van der Waals surface area contributed by atoms with Crippen molar-refractivity contribution in [2.45, 2.75) is 42.7 Å². The molecule has 1 heterocycles. The average molecular weight is 351 g/mol. The fourth-order valence-corrected chi connectivity index (χ4v) is 4.51. The Labute approximate surface area is 143 Å². The van der Waals surface area contributed by atoms with Crippen molar-refractivity contribution in [1.29, 1.82) is 0 Å². The van der Waals surface area contributed by atoms with E-state index in [1.54, 1.807) is 26.2 Å². The average Bonchev–Trinajstić information content (AvgIpc) is 3.39. The second kappa shape index (κ2) is 6.82. The first-order valence-electron chi connectivity index (χ1n) is 8.45. The number of benzene rings is 1. The first-order chi connectivity index (χ1) is 11.4. The number of nitrogens with zero attached hydrogens (tertiary/aromatic N) is 2. The normalized spacial score (nSPS) is 20.1. The van der Waals surface area contributed by atoms with Gasteiger partial charge in [0.15, 0.2) is 0 Å². The fraction of sp³-hybridized carbons (Fsp3) is 0.588. The zero-order chi connectivity index (χ0) is 17.3. The van der Waals surface area contributed by atoms with E-state index in [2.05, 4.69) is 9.62 Å². The first kappa shape index (κ1) is 17.4. The standard InChI is InChI=1S/C17H25N3O3S/c1-19(2)17(21)13-4-3-5-16(12-13)24(22,23)18-14-8-10-20(11-9-14)15-6-7-15/h3-5,12,14-15,18H,6-11H2,1-2H3. The van der Waals surface area contributed by atoms with Crippen LogP contribution in [0.4, 0.5) is 0 Å². The van der Waals surface area contributed by atoms with Gasteiger partial charge in [0.2, 0.25) is 10.0 Å². The highest BCUT2D eigenvalue weighted by molar-refractivity contribution is 7.89. The van der Waals surface area contributed by atoms with Gasteiger partial charge in [-0.25, -0.2) is 13.1 Å². The van der Waals surface area contributed by atoms with Gasteiger partial charge in [-0.05, 0) is 57.0 Å². The number of amides is 1. The van der Waals surface area contributed by atoms with E-state index in [1.807, 2.05) is 0 Å². The van der Waals surface area contributed by atoms with E-state index >= 15 is 0 Å². The van der Waals surface area contributed by atoms with E-state index in [0.29, 0.717) is 5.56 Å². The lowest BCUT2D eigenvalue weighted by molar-refractivity contribution is 0.0827. The molecule has 132 valence electrons. The van der Waals surface area contributed by atoms with E-state index in [4.69, 9.17) is 0 Å². The molecule has 7 heteroatoms. The molecule has 0 bridgehead atoms. The third kappa shape index (κ3) is 3.96. The summed E-state index contributed by atoms with van der Waals surface area (Å²) in [4.78, 5) is 16.1. The summed E-state index contributed by atoms with van der Waals surface area (Å²) < 4.78 is 28.1. The Kier molecular flexibility index (Phi) is 4.94. The summed E-state index contributed by atoms with van der Waals surface area (Å²) in [7, 11) is -0.307. The molecule has 0 radical (unpaired) electrons. The molecule has 1 N–H and O–H groups in total. The van der Waals surface area contributed by atoms with Gasteiger partial charge in [-0.3, -0.25) is 4.79 Å². The molecule has 0 unspecified atom stereocenters. The molecule has 0 spiro atoms. The second-order valence-electron chi connectivity index (χ2n) is 6.89. The summed E-state index contributed by atoms with van der Waals surface area (Å²) in [6.45, 7) is 1.91. The number of carbonyl (C=O) groups excluding carboxylic acids is 1. The predicted octanol–water partition coefficient (Wildman–Crippen LogP) is 1.29. The third-order valence-electron chi connectivity index (χ3n) is 4.71. The molecule has 1 aromatic rings. The first-order valence-corrected chi connectivity index (χ1v) is 9.93. The minimum absolute atomic E-state index is 0.0294. The third-order valence-corrected chi connectivity index (χ3v) is 6.23. The van der Waals surface area contributed by atoms with Crippen LogP contribution >= 0.6 is 0 Å². The van der Waals surface area contributed by atoms with Crippen molar-refractivity contribution in [2.75, 3.05) is 27.2 Å². The molecule has 1 saturated heterocycles. The highest BCUT2D eigenvalue weighted by Crippen LogP contribution is 2.29. The lowest BCUT2D eigenvalue weighted by Crippen LogP contribution is -2.45. The second-order valence-corrected chi connectivity index (χ2v) is 8.60. The zero-order valence-corrected chi connectivity index (χ0v) is 15.1. The number of piperidine rings is 1. The molecule has 0 aromatic heterocycles. The number of hydrogen-bond acceptors (Lipinski definition) is 4. The van der Waals surface area contributed by atoms with Gasteiger partial charge in [-0.1, -0.05) is 6.07 Å². The van der Waals surface area contributed by atoms with Crippen LogP contribution < -0.4 is 4.72 Å². The molecule has 3 rings (SSSR count). The molecular weight excluding hydrogens is 326 g/mol. The van der Waals surface area contributed by atoms with Crippen LogP contribution in [0.3, 0.4) is 0 Å². The van der Waals surface area contributed by atoms with Crippen LogP contribution in [0, 0.1) is 0 Å². The molecule has 0 atom stereocenters. The zero-order valence-electron chi connectivity index (χ0n) is 14.2. The molecule has 24 heavy (non-hydrogen) atoms. The fourth-order valence-electron chi connectivity index (χ4n) is 3.16. The summed E-state index contributed by atoms with van der Waals surface area (Å²) >= 11 is 0. The minimum Gasteiger partial charge on any atom is -0.345 e. The Morgan fingerprint density at radius 2 is 1.83 bits per heavy atom. The maximum Gasteiger partial charge on any atom is 0.253 e. The van der Waals surface area contributed by atoms with Crippen molar-refractivity contribution in [3.63, 3.8) is 0 Å². The Morgan fingerprint density at radius 1 is 1.17 bits per heavy atom. The highest BCUT2D eigenvalue weighted by atomic mass is 32.2. The van der Waals surface area contributed by atoms with Crippen molar-refractivity contribution >= 4 is 15.9 Å². The summed E-state index contributed by atoms with van der Waals surface area (Å²) in [6, 6.07) is 6.93. The van der Waals surface area contributed by atoms with E-state index < -0.39 is 10.0 Å². The number of sulfonamides is 1. The number of hydrogen-bond donors (Lipinski definition) is 1. The molecule has 2 fully saturated rings. The van der Waals surface area contributed by atoms with E-state index in [-0.39, 0.29) is 16.8 Å². The Bertz CT molecular complexity index is 706. The Balaban J connectivity index is 1.67. The molecule has 1 aliphatic heterocycles. The number of nitrogens with one attached hydrogen (secondary N) is 1. The topological polar surface area (TPSA) is 69.7 Å². The van der Waals surface area contributed by atoms with Crippen molar-refractivity contribution in [3.05, 3.63) is 29.8 Å². The van der Waals surface area contributed by atoms with Crippen LogP contribution in [0.1, 0.15) is 36.0 Å². The number of rotatable bonds is 5. The van der Waals surface area contributed by atoms with Crippen LogP contribution in [0.2, 0.25) is 0 Å². The smallest absolute Gasteiger partial charge is 0.253 e. The van der Waals surface area contributed by atoms with E-state index in [1.165, 1.54) is 29.9 Å². The SMILES string of the molecule is CN(C)C(=O)c1cccc(S(=O)(=O)NC2CCN(C3CC3)CC2)c1. The maximum absolute atomic E-state index is 12.6. The maximum atomic E-state index is 12.6. The largest absolute Gasteiger partial charge is 0.345 e. The quantitative estimate of drug-likeness (QED) is 0.868. The number of likely N-dealkylation sites (tertiary alicyclic amines) is 1. The molecule has 1 saturated carbocycles. The van der Waals surface area contributed by atoms with Crippen molar-refractivity contribution in [2.24, 2.45) is 0 Å². The summed E-state index contributed by atoms with van der Waals surface area (Å²) in [5.74, 6) is -0.204. The van der Waals surface area contributed by atoms with Crippen LogP contribution in [0.5, 0.6) is 0 Å². The Morgan fingerprint density at radius 3 is 2.42 bits per heavy atom. The van der Waals surface area contributed by atoms with E-state index in [9.17, 15) is 13.2 Å². The van der Waals surface area contributed by atoms with Gasteiger partial charge in [0.25, 0.3) is 5.91 Å². The molecular formula is C17H25N3O3S. The van der Waals surface area contributed by atoms with Crippen molar-refractivity contribution in [1.82, 2.24) is 14.5 Å². The van der Waals surface area contributed by atoms with Gasteiger partial charge < -0.3 is 9.80 Å². The van der Waals surface area contributed by atoms with Crippen molar-refractivity contribution < 1.29 is 13.2 Å². The van der Waals surface area contributed by atoms with Gasteiger partial charge in [-0.15, -0.1) is 0 Å².